The lowest BCUT2D eigenvalue weighted by Crippen LogP contribution is -2.62. The molecule has 1 heterocycles. The molecule has 3 heteroatoms. The molecule has 1 saturated heterocycles. The molecule has 2 aromatic rings. The highest BCUT2D eigenvalue weighted by molar-refractivity contribution is 5.86. The van der Waals surface area contributed by atoms with Crippen LogP contribution < -0.4 is 11.1 Å². The Balaban J connectivity index is 0.000000963. The summed E-state index contributed by atoms with van der Waals surface area (Å²) in [6.07, 6.45) is 0. The molecule has 0 saturated carbocycles. The van der Waals surface area contributed by atoms with E-state index >= 15 is 0 Å². The number of nitrogens with one attached hydrogen (secondary N) is 1. The zero-order valence-electron chi connectivity index (χ0n) is 8.94. The fourth-order valence-electron chi connectivity index (χ4n) is 2.24. The van der Waals surface area contributed by atoms with E-state index in [9.17, 15) is 0 Å². The molecule has 84 valence electrons. The van der Waals surface area contributed by atoms with E-state index in [0.29, 0.717) is 0 Å². The molecule has 0 bridgehead atoms. The van der Waals surface area contributed by atoms with Crippen molar-refractivity contribution in [1.29, 1.82) is 0 Å². The molecule has 0 radical (unpaired) electrons. The minimum atomic E-state index is -0.166. The molecule has 0 atom stereocenters. The number of halogens is 1. The molecule has 3 N–H and O–H groups in total. The van der Waals surface area contributed by atoms with Gasteiger partial charge in [-0.3, -0.25) is 0 Å². The first-order chi connectivity index (χ1) is 7.30. The molecule has 2 aromatic carbocycles. The first-order valence-corrected chi connectivity index (χ1v) is 5.27. The number of nitrogens with two attached hydrogens (primary N) is 1. The van der Waals surface area contributed by atoms with Crippen molar-refractivity contribution in [2.45, 2.75) is 5.54 Å². The zero-order valence-corrected chi connectivity index (χ0v) is 9.76. The molecule has 16 heavy (non-hydrogen) atoms. The van der Waals surface area contributed by atoms with Crippen LogP contribution in [0.3, 0.4) is 0 Å². The SMILES string of the molecule is Cl.NC1(c2cccc3ccccc23)CNC1. The van der Waals surface area contributed by atoms with Crippen LogP contribution in [-0.4, -0.2) is 13.1 Å². The Hall–Kier alpha value is -1.09. The van der Waals surface area contributed by atoms with Gasteiger partial charge in [0, 0.05) is 13.1 Å². The first-order valence-electron chi connectivity index (χ1n) is 5.27. The standard InChI is InChI=1S/C13H14N2.ClH/c14-13(8-15-9-13)12-7-3-5-10-4-1-2-6-11(10)12;/h1-7,15H,8-9,14H2;1H. The Morgan fingerprint density at radius 1 is 1.00 bits per heavy atom. The van der Waals surface area contributed by atoms with Crippen LogP contribution in [0, 0.1) is 0 Å². The quantitative estimate of drug-likeness (QED) is 0.793. The summed E-state index contributed by atoms with van der Waals surface area (Å²) in [6, 6.07) is 14.8. The van der Waals surface area contributed by atoms with Crippen LogP contribution in [0.2, 0.25) is 0 Å². The second-order valence-electron chi connectivity index (χ2n) is 4.29. The lowest BCUT2D eigenvalue weighted by atomic mass is 9.82. The third-order valence-electron chi connectivity index (χ3n) is 3.21. The van der Waals surface area contributed by atoms with Crippen molar-refractivity contribution in [3.8, 4) is 0 Å². The molecular formula is C13H15ClN2. The largest absolute Gasteiger partial charge is 0.319 e. The van der Waals surface area contributed by atoms with Crippen LogP contribution in [0.5, 0.6) is 0 Å². The second kappa shape index (κ2) is 4.06. The average molecular weight is 235 g/mol. The molecule has 1 aliphatic rings. The second-order valence-corrected chi connectivity index (χ2v) is 4.29. The Morgan fingerprint density at radius 2 is 1.69 bits per heavy atom. The van der Waals surface area contributed by atoms with Gasteiger partial charge in [0.25, 0.3) is 0 Å². The van der Waals surface area contributed by atoms with Crippen LogP contribution in [-0.2, 0) is 5.54 Å². The Labute approximate surface area is 101 Å². The van der Waals surface area contributed by atoms with Gasteiger partial charge in [-0.15, -0.1) is 12.4 Å². The summed E-state index contributed by atoms with van der Waals surface area (Å²) in [7, 11) is 0. The summed E-state index contributed by atoms with van der Waals surface area (Å²) in [5.41, 5.74) is 7.43. The molecule has 0 aliphatic carbocycles. The molecule has 0 amide bonds. The van der Waals surface area contributed by atoms with Gasteiger partial charge in [-0.05, 0) is 16.3 Å². The Bertz CT molecular complexity index is 501. The van der Waals surface area contributed by atoms with Gasteiger partial charge in [0.05, 0.1) is 5.54 Å². The summed E-state index contributed by atoms with van der Waals surface area (Å²) >= 11 is 0. The molecule has 3 rings (SSSR count). The fraction of sp³-hybridized carbons (Fsp3) is 0.231. The van der Waals surface area contributed by atoms with E-state index in [1.165, 1.54) is 16.3 Å². The lowest BCUT2D eigenvalue weighted by Gasteiger charge is -2.40. The zero-order chi connectivity index (χ0) is 10.3. The number of benzene rings is 2. The van der Waals surface area contributed by atoms with Gasteiger partial charge in [0.15, 0.2) is 0 Å². The number of rotatable bonds is 1. The third kappa shape index (κ3) is 1.59. The van der Waals surface area contributed by atoms with E-state index in [-0.39, 0.29) is 17.9 Å². The highest BCUT2D eigenvalue weighted by atomic mass is 35.5. The van der Waals surface area contributed by atoms with Crippen molar-refractivity contribution in [1.82, 2.24) is 5.32 Å². The van der Waals surface area contributed by atoms with Gasteiger partial charge in [-0.1, -0.05) is 42.5 Å². The van der Waals surface area contributed by atoms with Gasteiger partial charge in [-0.2, -0.15) is 0 Å². The van der Waals surface area contributed by atoms with Gasteiger partial charge >= 0.3 is 0 Å². The van der Waals surface area contributed by atoms with Gasteiger partial charge in [0.1, 0.15) is 0 Å². The van der Waals surface area contributed by atoms with Crippen molar-refractivity contribution in [3.05, 3.63) is 48.0 Å². The van der Waals surface area contributed by atoms with Crippen LogP contribution in [0.15, 0.2) is 42.5 Å². The summed E-state index contributed by atoms with van der Waals surface area (Å²) in [4.78, 5) is 0. The number of fused-ring (bicyclic) bond motifs is 1. The van der Waals surface area contributed by atoms with E-state index in [1.54, 1.807) is 0 Å². The van der Waals surface area contributed by atoms with E-state index in [1.807, 2.05) is 0 Å². The molecule has 0 unspecified atom stereocenters. The molecule has 0 aromatic heterocycles. The highest BCUT2D eigenvalue weighted by Crippen LogP contribution is 2.29. The van der Waals surface area contributed by atoms with E-state index in [2.05, 4.69) is 47.8 Å². The third-order valence-corrected chi connectivity index (χ3v) is 3.21. The maximum absolute atomic E-state index is 6.33. The van der Waals surface area contributed by atoms with Crippen molar-refractivity contribution in [2.75, 3.05) is 13.1 Å². The van der Waals surface area contributed by atoms with E-state index in [4.69, 9.17) is 5.73 Å². The Kier molecular flexibility index (Phi) is 2.89. The number of hydrogen-bond donors (Lipinski definition) is 2. The predicted molar refractivity (Wildman–Crippen MR) is 69.9 cm³/mol. The van der Waals surface area contributed by atoms with Crippen LogP contribution in [0.4, 0.5) is 0 Å². The lowest BCUT2D eigenvalue weighted by molar-refractivity contribution is 0.289. The maximum Gasteiger partial charge on any atom is 0.0668 e. The Morgan fingerprint density at radius 3 is 2.38 bits per heavy atom. The van der Waals surface area contributed by atoms with Gasteiger partial charge < -0.3 is 11.1 Å². The van der Waals surface area contributed by atoms with Gasteiger partial charge in [-0.25, -0.2) is 0 Å². The van der Waals surface area contributed by atoms with Crippen molar-refractivity contribution < 1.29 is 0 Å². The maximum atomic E-state index is 6.33. The van der Waals surface area contributed by atoms with Crippen LogP contribution in [0.25, 0.3) is 10.8 Å². The molecular weight excluding hydrogens is 220 g/mol. The molecule has 0 spiro atoms. The van der Waals surface area contributed by atoms with Crippen molar-refractivity contribution >= 4 is 23.2 Å². The first kappa shape index (κ1) is 11.4. The van der Waals surface area contributed by atoms with Crippen LogP contribution in [0.1, 0.15) is 5.56 Å². The van der Waals surface area contributed by atoms with Crippen molar-refractivity contribution in [3.63, 3.8) is 0 Å². The predicted octanol–water partition coefficient (Wildman–Crippen LogP) is 2.02. The summed E-state index contributed by atoms with van der Waals surface area (Å²) in [5, 5.41) is 5.79. The smallest absolute Gasteiger partial charge is 0.0668 e. The topological polar surface area (TPSA) is 38.0 Å². The molecule has 1 aliphatic heterocycles. The number of hydrogen-bond acceptors (Lipinski definition) is 2. The summed E-state index contributed by atoms with van der Waals surface area (Å²) in [5.74, 6) is 0. The normalized spacial score (nSPS) is 17.6. The van der Waals surface area contributed by atoms with E-state index < -0.39 is 0 Å². The fourth-order valence-corrected chi connectivity index (χ4v) is 2.24. The van der Waals surface area contributed by atoms with Gasteiger partial charge in [0.2, 0.25) is 0 Å². The van der Waals surface area contributed by atoms with Crippen molar-refractivity contribution in [2.24, 2.45) is 5.73 Å². The highest BCUT2D eigenvalue weighted by Gasteiger charge is 2.35. The summed E-state index contributed by atoms with van der Waals surface area (Å²) < 4.78 is 0. The molecule has 2 nitrogen and oxygen atoms in total. The average Bonchev–Trinajstić information content (AvgIpc) is 2.25. The molecule has 1 fully saturated rings. The van der Waals surface area contributed by atoms with E-state index in [0.717, 1.165) is 13.1 Å². The minimum Gasteiger partial charge on any atom is -0.319 e. The minimum absolute atomic E-state index is 0. The monoisotopic (exact) mass is 234 g/mol. The van der Waals surface area contributed by atoms with Crippen LogP contribution >= 0.6 is 12.4 Å². The summed E-state index contributed by atoms with van der Waals surface area (Å²) in [6.45, 7) is 1.75.